The molecule has 3 heterocycles. The lowest BCUT2D eigenvalue weighted by molar-refractivity contribution is 0.468. The van der Waals surface area contributed by atoms with Gasteiger partial charge in [0.1, 0.15) is 5.01 Å². The monoisotopic (exact) mass is 489 g/mol. The second kappa shape index (κ2) is 10.1. The van der Waals surface area contributed by atoms with Crippen LogP contribution < -0.4 is 15.5 Å². The van der Waals surface area contributed by atoms with Crippen LogP contribution in [0.15, 0.2) is 23.6 Å². The van der Waals surface area contributed by atoms with E-state index in [1.807, 2.05) is 31.2 Å². The van der Waals surface area contributed by atoms with E-state index in [4.69, 9.17) is 0 Å². The number of halogens is 1. The third-order valence-electron chi connectivity index (χ3n) is 4.40. The normalized spacial score (nSPS) is 17.7. The minimum Gasteiger partial charge on any atom is -0.367 e. The van der Waals surface area contributed by atoms with E-state index in [1.54, 1.807) is 11.3 Å². The number of hydrogen-bond donors (Lipinski definition) is 2. The molecule has 2 aromatic rings. The molecule has 7 nitrogen and oxygen atoms in total. The summed E-state index contributed by atoms with van der Waals surface area (Å²) in [6.45, 7) is 4.91. The summed E-state index contributed by atoms with van der Waals surface area (Å²) in [5.41, 5.74) is 1.19. The Morgan fingerprint density at radius 1 is 1.42 bits per heavy atom. The Labute approximate surface area is 176 Å². The fraction of sp³-hybridized carbons (Fsp3) is 0.588. The number of guanidine groups is 1. The van der Waals surface area contributed by atoms with Crippen molar-refractivity contribution in [2.75, 3.05) is 25.0 Å². The van der Waals surface area contributed by atoms with Gasteiger partial charge in [-0.1, -0.05) is 6.92 Å². The largest absolute Gasteiger partial charge is 0.367 e. The molecule has 0 aromatic carbocycles. The lowest BCUT2D eigenvalue weighted by Gasteiger charge is -2.34. The minimum absolute atomic E-state index is 0. The van der Waals surface area contributed by atoms with Crippen LogP contribution in [-0.4, -0.2) is 46.9 Å². The molecule has 1 aliphatic rings. The van der Waals surface area contributed by atoms with Gasteiger partial charge in [-0.05, 0) is 19.3 Å². The number of aromatic nitrogens is 3. The molecule has 0 radical (unpaired) electrons. The lowest BCUT2D eigenvalue weighted by atomic mass is 10.1. The SMILES string of the molecule is CCc1cnc(CNC(=NC)NC2CCCN(c3cnn(C)c3)C2)s1.I. The average Bonchev–Trinajstić information content (AvgIpc) is 3.27. The lowest BCUT2D eigenvalue weighted by Crippen LogP contribution is -2.51. The van der Waals surface area contributed by atoms with Crippen LogP contribution in [0.5, 0.6) is 0 Å². The molecule has 0 aliphatic carbocycles. The van der Waals surface area contributed by atoms with Gasteiger partial charge in [0.15, 0.2) is 5.96 Å². The van der Waals surface area contributed by atoms with Crippen molar-refractivity contribution in [1.29, 1.82) is 0 Å². The second-order valence-corrected chi connectivity index (χ2v) is 7.50. The molecule has 1 fully saturated rings. The molecule has 0 amide bonds. The van der Waals surface area contributed by atoms with Crippen LogP contribution in [0.25, 0.3) is 0 Å². The van der Waals surface area contributed by atoms with E-state index < -0.39 is 0 Å². The minimum atomic E-state index is 0. The Kier molecular flexibility index (Phi) is 8.14. The molecule has 144 valence electrons. The molecule has 2 N–H and O–H groups in total. The highest BCUT2D eigenvalue weighted by Crippen LogP contribution is 2.19. The summed E-state index contributed by atoms with van der Waals surface area (Å²) >= 11 is 1.76. The number of rotatable bonds is 5. The molecule has 26 heavy (non-hydrogen) atoms. The number of anilines is 1. The molecule has 2 aromatic heterocycles. The van der Waals surface area contributed by atoms with Gasteiger partial charge in [0.25, 0.3) is 0 Å². The Hall–Kier alpha value is -1.36. The van der Waals surface area contributed by atoms with Crippen LogP contribution in [0.3, 0.4) is 0 Å². The van der Waals surface area contributed by atoms with Gasteiger partial charge in [-0.25, -0.2) is 4.98 Å². The van der Waals surface area contributed by atoms with Crippen molar-refractivity contribution >= 4 is 47.0 Å². The summed E-state index contributed by atoms with van der Waals surface area (Å²) in [5.74, 6) is 0.839. The molecular weight excluding hydrogens is 461 g/mol. The number of aliphatic imine (C=N–C) groups is 1. The zero-order valence-corrected chi connectivity index (χ0v) is 18.8. The van der Waals surface area contributed by atoms with Crippen LogP contribution in [0, 0.1) is 0 Å². The first-order valence-corrected chi connectivity index (χ1v) is 9.64. The Balaban J connectivity index is 0.00000243. The van der Waals surface area contributed by atoms with Gasteiger partial charge in [0.05, 0.1) is 18.4 Å². The maximum Gasteiger partial charge on any atom is 0.191 e. The van der Waals surface area contributed by atoms with Crippen molar-refractivity contribution in [2.45, 2.75) is 38.8 Å². The molecule has 0 spiro atoms. The fourth-order valence-electron chi connectivity index (χ4n) is 3.04. The number of nitrogens with zero attached hydrogens (tertiary/aromatic N) is 5. The summed E-state index contributed by atoms with van der Waals surface area (Å²) < 4.78 is 1.85. The molecule has 9 heteroatoms. The first kappa shape index (κ1) is 20.9. The Morgan fingerprint density at radius 3 is 2.92 bits per heavy atom. The van der Waals surface area contributed by atoms with Crippen molar-refractivity contribution in [3.63, 3.8) is 0 Å². The Morgan fingerprint density at radius 2 is 2.27 bits per heavy atom. The molecule has 0 saturated carbocycles. The first-order valence-electron chi connectivity index (χ1n) is 8.82. The third kappa shape index (κ3) is 5.57. The van der Waals surface area contributed by atoms with E-state index in [1.165, 1.54) is 10.6 Å². The van der Waals surface area contributed by atoms with Crippen molar-refractivity contribution < 1.29 is 0 Å². The van der Waals surface area contributed by atoms with E-state index in [9.17, 15) is 0 Å². The summed E-state index contributed by atoms with van der Waals surface area (Å²) in [7, 11) is 3.77. The van der Waals surface area contributed by atoms with Crippen LogP contribution in [0.1, 0.15) is 29.7 Å². The molecule has 1 saturated heterocycles. The van der Waals surface area contributed by atoms with Crippen LogP contribution in [-0.2, 0) is 20.0 Å². The number of thiazole rings is 1. The van der Waals surface area contributed by atoms with E-state index in [-0.39, 0.29) is 24.0 Å². The van der Waals surface area contributed by atoms with E-state index >= 15 is 0 Å². The highest BCUT2D eigenvalue weighted by molar-refractivity contribution is 14.0. The van der Waals surface area contributed by atoms with Crippen molar-refractivity contribution in [1.82, 2.24) is 25.4 Å². The Bertz CT molecular complexity index is 712. The van der Waals surface area contributed by atoms with Gasteiger partial charge in [0, 0.05) is 50.5 Å². The number of aryl methyl sites for hydroxylation is 2. The molecule has 1 aliphatic heterocycles. The van der Waals surface area contributed by atoms with E-state index in [2.05, 4.69) is 43.7 Å². The molecule has 0 bridgehead atoms. The highest BCUT2D eigenvalue weighted by Gasteiger charge is 2.21. The maximum atomic E-state index is 4.45. The average molecular weight is 489 g/mol. The topological polar surface area (TPSA) is 70.4 Å². The maximum absolute atomic E-state index is 4.45. The standard InChI is InChI=1S/C17H27N7S.HI/c1-4-15-9-19-16(25-15)10-20-17(18-2)22-13-6-5-7-24(11-13)14-8-21-23(3)12-14;/h8-9,12-13H,4-7,10-11H2,1-3H3,(H2,18,20,22);1H. The smallest absolute Gasteiger partial charge is 0.191 e. The van der Waals surface area contributed by atoms with Crippen molar-refractivity contribution in [3.05, 3.63) is 28.5 Å². The van der Waals surface area contributed by atoms with Crippen molar-refractivity contribution in [3.8, 4) is 0 Å². The molecule has 3 rings (SSSR count). The highest BCUT2D eigenvalue weighted by atomic mass is 127. The number of piperidine rings is 1. The molecule has 1 atom stereocenters. The van der Waals surface area contributed by atoms with Crippen molar-refractivity contribution in [2.24, 2.45) is 12.0 Å². The number of nitrogens with one attached hydrogen (secondary N) is 2. The first-order chi connectivity index (χ1) is 12.2. The van der Waals surface area contributed by atoms with Gasteiger partial charge >= 0.3 is 0 Å². The van der Waals surface area contributed by atoms with Gasteiger partial charge in [-0.2, -0.15) is 5.10 Å². The zero-order chi connectivity index (χ0) is 17.6. The summed E-state index contributed by atoms with van der Waals surface area (Å²) in [5, 5.41) is 12.3. The second-order valence-electron chi connectivity index (χ2n) is 6.30. The number of hydrogen-bond acceptors (Lipinski definition) is 5. The quantitative estimate of drug-likeness (QED) is 0.384. The molecular formula is C17H28IN7S. The van der Waals surface area contributed by atoms with Gasteiger partial charge < -0.3 is 15.5 Å². The van der Waals surface area contributed by atoms with Gasteiger partial charge in [0.2, 0.25) is 0 Å². The van der Waals surface area contributed by atoms with Crippen LogP contribution in [0.4, 0.5) is 5.69 Å². The summed E-state index contributed by atoms with van der Waals surface area (Å²) in [4.78, 5) is 12.5. The summed E-state index contributed by atoms with van der Waals surface area (Å²) in [6.07, 6.45) is 9.32. The zero-order valence-electron chi connectivity index (χ0n) is 15.6. The van der Waals surface area contributed by atoms with Crippen LogP contribution in [0.2, 0.25) is 0 Å². The third-order valence-corrected chi connectivity index (χ3v) is 5.54. The van der Waals surface area contributed by atoms with E-state index in [0.29, 0.717) is 12.6 Å². The van der Waals surface area contributed by atoms with Gasteiger partial charge in [-0.3, -0.25) is 9.67 Å². The predicted octanol–water partition coefficient (Wildman–Crippen LogP) is 2.39. The predicted molar refractivity (Wildman–Crippen MR) is 119 cm³/mol. The van der Waals surface area contributed by atoms with Gasteiger partial charge in [-0.15, -0.1) is 35.3 Å². The van der Waals surface area contributed by atoms with Crippen LogP contribution >= 0.6 is 35.3 Å². The summed E-state index contributed by atoms with van der Waals surface area (Å²) in [6, 6.07) is 0.377. The van der Waals surface area contributed by atoms with E-state index in [0.717, 1.165) is 43.3 Å². The molecule has 1 unspecified atom stereocenters. The fourth-order valence-corrected chi connectivity index (χ4v) is 3.84.